The lowest BCUT2D eigenvalue weighted by atomic mass is 10.2. The van der Waals surface area contributed by atoms with Crippen molar-refractivity contribution in [2.75, 3.05) is 6.61 Å². The molecule has 0 N–H and O–H groups in total. The monoisotopic (exact) mass is 180 g/mol. The number of nitro benzene ring substituents is 1. The van der Waals surface area contributed by atoms with Crippen LogP contribution in [0.4, 0.5) is 5.69 Å². The van der Waals surface area contributed by atoms with Crippen LogP contribution in [0.1, 0.15) is 5.56 Å². The SMILES string of the molecule is [CH2]COc1ccc([N+](=O)[O-])c(C)c1. The van der Waals surface area contributed by atoms with Gasteiger partial charge < -0.3 is 4.74 Å². The molecule has 1 rings (SSSR count). The first-order valence-corrected chi connectivity index (χ1v) is 3.82. The lowest BCUT2D eigenvalue weighted by molar-refractivity contribution is -0.385. The van der Waals surface area contributed by atoms with E-state index in [4.69, 9.17) is 4.74 Å². The number of ether oxygens (including phenoxy) is 1. The molecular weight excluding hydrogens is 170 g/mol. The van der Waals surface area contributed by atoms with Gasteiger partial charge in [-0.25, -0.2) is 0 Å². The molecule has 0 heterocycles. The number of nitrogens with zero attached hydrogens (tertiary/aromatic N) is 1. The van der Waals surface area contributed by atoms with Crippen molar-refractivity contribution in [2.45, 2.75) is 6.92 Å². The summed E-state index contributed by atoms with van der Waals surface area (Å²) in [7, 11) is 0. The highest BCUT2D eigenvalue weighted by Crippen LogP contribution is 2.22. The molecule has 4 heteroatoms. The predicted molar refractivity (Wildman–Crippen MR) is 48.7 cm³/mol. The van der Waals surface area contributed by atoms with Crippen LogP contribution in [-0.4, -0.2) is 11.5 Å². The van der Waals surface area contributed by atoms with Crippen molar-refractivity contribution in [3.8, 4) is 5.75 Å². The Bertz CT molecular complexity index is 323. The lowest BCUT2D eigenvalue weighted by Gasteiger charge is -2.03. The van der Waals surface area contributed by atoms with E-state index in [1.54, 1.807) is 19.1 Å². The van der Waals surface area contributed by atoms with Crippen molar-refractivity contribution in [3.05, 3.63) is 40.8 Å². The zero-order valence-electron chi connectivity index (χ0n) is 7.32. The van der Waals surface area contributed by atoms with Crippen LogP contribution < -0.4 is 4.74 Å². The zero-order valence-corrected chi connectivity index (χ0v) is 7.32. The highest BCUT2D eigenvalue weighted by molar-refractivity contribution is 5.44. The lowest BCUT2D eigenvalue weighted by Crippen LogP contribution is -1.95. The third-order valence-corrected chi connectivity index (χ3v) is 1.63. The standard InChI is InChI=1S/C9H10NO3/c1-3-13-8-4-5-9(10(11)12)7(2)6-8/h4-6H,1,3H2,2H3. The third-order valence-electron chi connectivity index (χ3n) is 1.63. The van der Waals surface area contributed by atoms with Gasteiger partial charge in [0, 0.05) is 11.6 Å². The average Bonchev–Trinajstić information content (AvgIpc) is 2.04. The molecule has 0 aliphatic rings. The maximum absolute atomic E-state index is 10.4. The Morgan fingerprint density at radius 1 is 1.62 bits per heavy atom. The zero-order chi connectivity index (χ0) is 9.84. The second-order valence-electron chi connectivity index (χ2n) is 2.55. The summed E-state index contributed by atoms with van der Waals surface area (Å²) in [6.07, 6.45) is 0. The normalized spacial score (nSPS) is 9.69. The summed E-state index contributed by atoms with van der Waals surface area (Å²) >= 11 is 0. The van der Waals surface area contributed by atoms with Crippen LogP contribution in [0.3, 0.4) is 0 Å². The Morgan fingerprint density at radius 3 is 2.77 bits per heavy atom. The van der Waals surface area contributed by atoms with Crippen LogP contribution in [0, 0.1) is 24.0 Å². The number of hydrogen-bond acceptors (Lipinski definition) is 3. The van der Waals surface area contributed by atoms with Gasteiger partial charge in [0.2, 0.25) is 0 Å². The number of aryl methyl sites for hydroxylation is 1. The summed E-state index contributed by atoms with van der Waals surface area (Å²) in [4.78, 5) is 10.0. The van der Waals surface area contributed by atoms with Crippen molar-refractivity contribution < 1.29 is 9.66 Å². The predicted octanol–water partition coefficient (Wildman–Crippen LogP) is 2.12. The summed E-state index contributed by atoms with van der Waals surface area (Å²) in [5, 5.41) is 10.4. The van der Waals surface area contributed by atoms with Crippen molar-refractivity contribution in [2.24, 2.45) is 0 Å². The van der Waals surface area contributed by atoms with Gasteiger partial charge in [0.15, 0.2) is 0 Å². The Hall–Kier alpha value is -1.58. The van der Waals surface area contributed by atoms with Crippen molar-refractivity contribution in [1.82, 2.24) is 0 Å². The number of hydrogen-bond donors (Lipinski definition) is 0. The number of benzene rings is 1. The van der Waals surface area contributed by atoms with Gasteiger partial charge in [-0.05, 0) is 26.0 Å². The largest absolute Gasteiger partial charge is 0.494 e. The molecule has 0 unspecified atom stereocenters. The van der Waals surface area contributed by atoms with E-state index >= 15 is 0 Å². The molecular formula is C9H10NO3. The molecule has 1 aromatic rings. The van der Waals surface area contributed by atoms with E-state index in [1.165, 1.54) is 6.07 Å². The molecule has 0 spiro atoms. The van der Waals surface area contributed by atoms with Gasteiger partial charge in [0.05, 0.1) is 11.5 Å². The van der Waals surface area contributed by atoms with Gasteiger partial charge in [0.1, 0.15) is 5.75 Å². The van der Waals surface area contributed by atoms with Crippen molar-refractivity contribution in [3.63, 3.8) is 0 Å². The minimum atomic E-state index is -0.413. The van der Waals surface area contributed by atoms with E-state index < -0.39 is 4.92 Å². The van der Waals surface area contributed by atoms with Crippen molar-refractivity contribution in [1.29, 1.82) is 0 Å². The molecule has 4 nitrogen and oxygen atoms in total. The highest BCUT2D eigenvalue weighted by Gasteiger charge is 2.09. The molecule has 0 amide bonds. The molecule has 0 aliphatic heterocycles. The topological polar surface area (TPSA) is 52.4 Å². The van der Waals surface area contributed by atoms with E-state index in [9.17, 15) is 10.1 Å². The molecule has 0 fully saturated rings. The summed E-state index contributed by atoms with van der Waals surface area (Å²) in [6, 6.07) is 4.62. The molecule has 1 aromatic carbocycles. The van der Waals surface area contributed by atoms with Gasteiger partial charge in [0.25, 0.3) is 5.69 Å². The van der Waals surface area contributed by atoms with Crippen LogP contribution in [0.25, 0.3) is 0 Å². The second-order valence-corrected chi connectivity index (χ2v) is 2.55. The molecule has 0 aliphatic carbocycles. The van der Waals surface area contributed by atoms with Gasteiger partial charge >= 0.3 is 0 Å². The molecule has 0 aromatic heterocycles. The summed E-state index contributed by atoms with van der Waals surface area (Å²) in [6.45, 7) is 5.50. The smallest absolute Gasteiger partial charge is 0.272 e. The van der Waals surface area contributed by atoms with Crippen molar-refractivity contribution >= 4 is 5.69 Å². The van der Waals surface area contributed by atoms with Crippen LogP contribution in [0.15, 0.2) is 18.2 Å². The number of nitro groups is 1. The maximum atomic E-state index is 10.4. The van der Waals surface area contributed by atoms with E-state index in [-0.39, 0.29) is 5.69 Å². The molecule has 0 atom stereocenters. The number of rotatable bonds is 3. The van der Waals surface area contributed by atoms with Crippen LogP contribution in [-0.2, 0) is 0 Å². The highest BCUT2D eigenvalue weighted by atomic mass is 16.6. The van der Waals surface area contributed by atoms with E-state index in [0.717, 1.165) is 0 Å². The third kappa shape index (κ3) is 2.18. The van der Waals surface area contributed by atoms with E-state index in [2.05, 4.69) is 6.92 Å². The molecule has 1 radical (unpaired) electrons. The summed E-state index contributed by atoms with van der Waals surface area (Å²) in [5.74, 6) is 0.609. The van der Waals surface area contributed by atoms with Crippen LogP contribution in [0.2, 0.25) is 0 Å². The van der Waals surface area contributed by atoms with Crippen LogP contribution in [0.5, 0.6) is 5.75 Å². The van der Waals surface area contributed by atoms with Gasteiger partial charge in [-0.15, -0.1) is 0 Å². The minimum Gasteiger partial charge on any atom is -0.494 e. The Morgan fingerprint density at radius 2 is 2.31 bits per heavy atom. The first-order chi connectivity index (χ1) is 6.15. The minimum absolute atomic E-state index is 0.108. The first-order valence-electron chi connectivity index (χ1n) is 3.82. The second kappa shape index (κ2) is 3.89. The first kappa shape index (κ1) is 9.51. The maximum Gasteiger partial charge on any atom is 0.272 e. The fourth-order valence-corrected chi connectivity index (χ4v) is 1.04. The quantitative estimate of drug-likeness (QED) is 0.528. The van der Waals surface area contributed by atoms with Gasteiger partial charge in [-0.2, -0.15) is 0 Å². The molecule has 13 heavy (non-hydrogen) atoms. The Labute approximate surface area is 76.3 Å². The van der Waals surface area contributed by atoms with Crippen LogP contribution >= 0.6 is 0 Å². The van der Waals surface area contributed by atoms with Gasteiger partial charge in [-0.1, -0.05) is 0 Å². The average molecular weight is 180 g/mol. The molecule has 0 saturated carbocycles. The Kier molecular flexibility index (Phi) is 2.84. The Balaban J connectivity index is 2.98. The van der Waals surface area contributed by atoms with E-state index in [0.29, 0.717) is 17.9 Å². The van der Waals surface area contributed by atoms with E-state index in [1.807, 2.05) is 0 Å². The fraction of sp³-hybridized carbons (Fsp3) is 0.222. The summed E-state index contributed by atoms with van der Waals surface area (Å²) < 4.78 is 5.09. The fourth-order valence-electron chi connectivity index (χ4n) is 1.04. The molecule has 0 saturated heterocycles. The van der Waals surface area contributed by atoms with Gasteiger partial charge in [-0.3, -0.25) is 10.1 Å². The molecule has 0 bridgehead atoms. The summed E-state index contributed by atoms with van der Waals surface area (Å²) in [5.41, 5.74) is 0.701. The molecule has 69 valence electrons.